The van der Waals surface area contributed by atoms with Crippen molar-refractivity contribution in [2.24, 2.45) is 0 Å². The number of rotatable bonds is 8. The number of anilines is 1. The van der Waals surface area contributed by atoms with Crippen molar-refractivity contribution < 1.29 is 33.3 Å². The van der Waals surface area contributed by atoms with Crippen LogP contribution in [0.4, 0.5) is 5.69 Å². The molecule has 0 unspecified atom stereocenters. The Morgan fingerprint density at radius 3 is 2.47 bits per heavy atom. The van der Waals surface area contributed by atoms with Gasteiger partial charge in [-0.2, -0.15) is 8.42 Å². The van der Waals surface area contributed by atoms with E-state index in [9.17, 15) is 28.5 Å². The van der Waals surface area contributed by atoms with Gasteiger partial charge in [0.25, 0.3) is 5.91 Å². The van der Waals surface area contributed by atoms with Crippen LogP contribution in [0.1, 0.15) is 28.8 Å². The van der Waals surface area contributed by atoms with E-state index >= 15 is 0 Å². The number of aromatic hydroxyl groups is 2. The Morgan fingerprint density at radius 2 is 1.78 bits per heavy atom. The second kappa shape index (κ2) is 9.86. The fourth-order valence-electron chi connectivity index (χ4n) is 3.93. The summed E-state index contributed by atoms with van der Waals surface area (Å²) in [7, 11) is -0.812. The number of carbonyl (C=O) groups is 1. The highest BCUT2D eigenvalue weighted by molar-refractivity contribution is 7.91. The maximum atomic E-state index is 12.4. The maximum absolute atomic E-state index is 12.4. The van der Waals surface area contributed by atoms with Crippen LogP contribution in [0.25, 0.3) is 10.8 Å². The lowest BCUT2D eigenvalue weighted by Crippen LogP contribution is -2.29. The summed E-state index contributed by atoms with van der Waals surface area (Å²) in [6.45, 7) is 0.360. The zero-order valence-corrected chi connectivity index (χ0v) is 20.6. The van der Waals surface area contributed by atoms with Crippen molar-refractivity contribution >= 4 is 32.6 Å². The quantitative estimate of drug-likeness (QED) is 0.339. The van der Waals surface area contributed by atoms with Gasteiger partial charge in [-0.1, -0.05) is 24.3 Å². The van der Waals surface area contributed by atoms with E-state index in [2.05, 4.69) is 0 Å². The fourth-order valence-corrected chi connectivity index (χ4v) is 4.99. The van der Waals surface area contributed by atoms with Crippen LogP contribution in [0.15, 0.2) is 60.6 Å². The van der Waals surface area contributed by atoms with Crippen LogP contribution in [0, 0.1) is 0 Å². The van der Waals surface area contributed by atoms with Crippen LogP contribution >= 0.6 is 0 Å². The zero-order chi connectivity index (χ0) is 26.0. The van der Waals surface area contributed by atoms with Gasteiger partial charge >= 0.3 is 10.2 Å². The van der Waals surface area contributed by atoms with Crippen LogP contribution in [0.5, 0.6) is 17.2 Å². The van der Waals surface area contributed by atoms with E-state index in [4.69, 9.17) is 4.74 Å². The molecule has 1 aliphatic heterocycles. The first-order valence-corrected chi connectivity index (χ1v) is 12.7. The fraction of sp³-hybridized carbons (Fsp3) is 0.240. The minimum absolute atomic E-state index is 0.0267. The number of aliphatic hydroxyl groups excluding tert-OH is 1. The molecule has 11 heteroatoms. The smallest absolute Gasteiger partial charge is 0.330 e. The van der Waals surface area contributed by atoms with Gasteiger partial charge in [-0.05, 0) is 59.9 Å². The third kappa shape index (κ3) is 5.10. The van der Waals surface area contributed by atoms with Crippen molar-refractivity contribution in [1.29, 1.82) is 0 Å². The number of phenols is 2. The van der Waals surface area contributed by atoms with E-state index in [1.54, 1.807) is 32.3 Å². The molecule has 0 saturated carbocycles. The molecule has 0 atom stereocenters. The monoisotopic (exact) mass is 513 g/mol. The van der Waals surface area contributed by atoms with Gasteiger partial charge in [0.05, 0.1) is 12.8 Å². The van der Waals surface area contributed by atoms with E-state index < -0.39 is 16.1 Å². The van der Waals surface area contributed by atoms with Gasteiger partial charge in [-0.3, -0.25) is 4.79 Å². The van der Waals surface area contributed by atoms with Crippen LogP contribution in [0.3, 0.4) is 0 Å². The number of fused-ring (bicyclic) bond motifs is 1. The molecular weight excluding hydrogens is 486 g/mol. The Labute approximate surface area is 208 Å². The molecule has 0 spiro atoms. The van der Waals surface area contributed by atoms with E-state index in [1.165, 1.54) is 17.0 Å². The molecule has 0 saturated heterocycles. The van der Waals surface area contributed by atoms with Gasteiger partial charge in [0, 0.05) is 14.1 Å². The summed E-state index contributed by atoms with van der Waals surface area (Å²) < 4.78 is 32.9. The van der Waals surface area contributed by atoms with Crippen LogP contribution in [-0.4, -0.2) is 55.2 Å². The number of benzene rings is 3. The van der Waals surface area contributed by atoms with Gasteiger partial charge in [-0.25, -0.2) is 9.03 Å². The van der Waals surface area contributed by atoms with Crippen LogP contribution in [-0.2, 0) is 16.6 Å². The number of phenolic OH excluding ortho intramolecular Hbond substituents is 2. The van der Waals surface area contributed by atoms with Gasteiger partial charge in [0.2, 0.25) is 5.88 Å². The standard InChI is InChI=1S/C25H27N3O7S/c1-27(2)25(32)24-20(29)7-5-8-22(24)35-11-4-3-6-16-9-10-17-14-21(30)19(13-18(17)12-16)28-15-23(31)26-36(28,33)34/h5,7-10,12-15,26,29-31H,3-4,6,11H2,1-2H3. The molecule has 1 amide bonds. The molecule has 190 valence electrons. The lowest BCUT2D eigenvalue weighted by molar-refractivity contribution is 0.0820. The average Bonchev–Trinajstić information content (AvgIpc) is 3.09. The Kier molecular flexibility index (Phi) is 6.84. The summed E-state index contributed by atoms with van der Waals surface area (Å²) in [6.07, 6.45) is 3.20. The van der Waals surface area contributed by atoms with Crippen molar-refractivity contribution in [2.45, 2.75) is 19.3 Å². The Hall–Kier alpha value is -4.12. The molecular formula is C25H27N3O7S. The molecule has 10 nitrogen and oxygen atoms in total. The Morgan fingerprint density at radius 1 is 1.00 bits per heavy atom. The molecule has 4 N–H and O–H groups in total. The van der Waals surface area contributed by atoms with Gasteiger partial charge in [-0.15, -0.1) is 0 Å². The van der Waals surface area contributed by atoms with E-state index in [0.29, 0.717) is 18.8 Å². The summed E-state index contributed by atoms with van der Waals surface area (Å²) >= 11 is 0. The molecule has 3 aromatic rings. The average molecular weight is 514 g/mol. The number of amides is 1. The number of hydrogen-bond acceptors (Lipinski definition) is 7. The minimum atomic E-state index is -4.02. The second-order valence-corrected chi connectivity index (χ2v) is 10.1. The highest BCUT2D eigenvalue weighted by atomic mass is 32.2. The maximum Gasteiger partial charge on any atom is 0.330 e. The van der Waals surface area contributed by atoms with Crippen molar-refractivity contribution in [1.82, 2.24) is 9.62 Å². The molecule has 4 rings (SSSR count). The molecule has 36 heavy (non-hydrogen) atoms. The summed E-state index contributed by atoms with van der Waals surface area (Å²) in [6, 6.07) is 13.5. The predicted molar refractivity (Wildman–Crippen MR) is 135 cm³/mol. The first kappa shape index (κ1) is 25.0. The first-order chi connectivity index (χ1) is 17.1. The van der Waals surface area contributed by atoms with Crippen LogP contribution < -0.4 is 13.8 Å². The van der Waals surface area contributed by atoms with Gasteiger partial charge in [0.15, 0.2) is 0 Å². The summed E-state index contributed by atoms with van der Waals surface area (Å²) in [4.78, 5) is 13.7. The van der Waals surface area contributed by atoms with Crippen LogP contribution in [0.2, 0.25) is 0 Å². The molecule has 0 radical (unpaired) electrons. The Bertz CT molecular complexity index is 1450. The van der Waals surface area contributed by atoms with Crippen molar-refractivity contribution in [2.75, 3.05) is 25.0 Å². The third-order valence-electron chi connectivity index (χ3n) is 5.71. The summed E-state index contributed by atoms with van der Waals surface area (Å²) in [5, 5.41) is 31.5. The minimum Gasteiger partial charge on any atom is -0.507 e. The largest absolute Gasteiger partial charge is 0.507 e. The summed E-state index contributed by atoms with van der Waals surface area (Å²) in [5.74, 6) is -0.903. The lowest BCUT2D eigenvalue weighted by atomic mass is 10.0. The van der Waals surface area contributed by atoms with Gasteiger partial charge < -0.3 is 25.0 Å². The highest BCUT2D eigenvalue weighted by Gasteiger charge is 2.30. The third-order valence-corrected chi connectivity index (χ3v) is 7.00. The number of nitrogens with zero attached hydrogens (tertiary/aromatic N) is 2. The zero-order valence-electron chi connectivity index (χ0n) is 19.8. The molecule has 1 aliphatic rings. The van der Waals surface area contributed by atoms with E-state index in [0.717, 1.165) is 39.7 Å². The number of unbranched alkanes of at least 4 members (excludes halogenated alkanes) is 1. The van der Waals surface area contributed by atoms with E-state index in [1.807, 2.05) is 22.9 Å². The molecule has 0 aliphatic carbocycles. The normalized spacial score (nSPS) is 14.4. The number of aliphatic hydroxyl groups is 1. The second-order valence-electron chi connectivity index (χ2n) is 8.60. The number of carbonyl (C=O) groups excluding carboxylic acids is 1. The molecule has 0 aromatic heterocycles. The molecule has 1 heterocycles. The summed E-state index contributed by atoms with van der Waals surface area (Å²) in [5.41, 5.74) is 1.18. The SMILES string of the molecule is CN(C)C(=O)c1c(O)cccc1OCCCCc1ccc2cc(O)c(N3C=C(O)NS3(=O)=O)cc2c1. The lowest BCUT2D eigenvalue weighted by Gasteiger charge is -2.16. The molecule has 0 bridgehead atoms. The Balaban J connectivity index is 1.41. The van der Waals surface area contributed by atoms with Crippen molar-refractivity contribution in [3.05, 3.63) is 71.7 Å². The molecule has 0 fully saturated rings. The van der Waals surface area contributed by atoms with Crippen molar-refractivity contribution in [3.8, 4) is 17.2 Å². The van der Waals surface area contributed by atoms with E-state index in [-0.39, 0.29) is 28.7 Å². The number of ether oxygens (including phenoxy) is 1. The number of nitrogens with one attached hydrogen (secondary N) is 1. The van der Waals surface area contributed by atoms with Gasteiger partial charge in [0.1, 0.15) is 28.5 Å². The number of hydrogen-bond donors (Lipinski definition) is 4. The number of aryl methyl sites for hydroxylation is 1. The van der Waals surface area contributed by atoms with Crippen molar-refractivity contribution in [3.63, 3.8) is 0 Å². The highest BCUT2D eigenvalue weighted by Crippen LogP contribution is 2.36. The predicted octanol–water partition coefficient (Wildman–Crippen LogP) is 3.37. The molecule has 3 aromatic carbocycles. The first-order valence-electron chi connectivity index (χ1n) is 11.2. The topological polar surface area (TPSA) is 140 Å².